The predicted molar refractivity (Wildman–Crippen MR) is 130 cm³/mol. The predicted octanol–water partition coefficient (Wildman–Crippen LogP) is 7.73. The number of unbranched alkanes of at least 4 members (excludes halogenated alkanes) is 8. The van der Waals surface area contributed by atoms with E-state index in [0.29, 0.717) is 37.4 Å². The van der Waals surface area contributed by atoms with Gasteiger partial charge in [-0.05, 0) is 43.4 Å². The summed E-state index contributed by atoms with van der Waals surface area (Å²) in [6.07, 6.45) is 14.0. The molecule has 1 unspecified atom stereocenters. The summed E-state index contributed by atoms with van der Waals surface area (Å²) in [6.45, 7) is 14.0. The Kier molecular flexibility index (Phi) is 18.9. The molecule has 31 heavy (non-hydrogen) atoms. The van der Waals surface area contributed by atoms with Crippen molar-refractivity contribution in [2.45, 2.75) is 125 Å². The molecular weight excluding hydrogens is 388 g/mol. The second kappa shape index (κ2) is 19.6. The maximum atomic E-state index is 12.3. The zero-order valence-electron chi connectivity index (χ0n) is 21.5. The number of esters is 2. The highest BCUT2D eigenvalue weighted by Gasteiger charge is 2.23. The van der Waals surface area contributed by atoms with Crippen LogP contribution in [0.3, 0.4) is 0 Å². The number of hydrogen-bond acceptors (Lipinski definition) is 4. The minimum Gasteiger partial charge on any atom is -0.466 e. The van der Waals surface area contributed by atoms with Gasteiger partial charge in [-0.3, -0.25) is 9.59 Å². The first-order chi connectivity index (χ1) is 14.7. The van der Waals surface area contributed by atoms with Crippen LogP contribution in [0.5, 0.6) is 0 Å². The summed E-state index contributed by atoms with van der Waals surface area (Å²) in [5.74, 6) is 1.51. The Hall–Kier alpha value is -1.06. The number of ether oxygens (including phenoxy) is 2. The summed E-state index contributed by atoms with van der Waals surface area (Å²) in [5, 5.41) is 0. The maximum absolute atomic E-state index is 12.3. The third kappa shape index (κ3) is 19.4. The highest BCUT2D eigenvalue weighted by atomic mass is 16.5. The van der Waals surface area contributed by atoms with Crippen LogP contribution in [0.2, 0.25) is 0 Å². The van der Waals surface area contributed by atoms with Gasteiger partial charge in [-0.2, -0.15) is 0 Å². The number of rotatable bonds is 20. The van der Waals surface area contributed by atoms with Crippen LogP contribution < -0.4 is 0 Å². The van der Waals surface area contributed by atoms with Crippen molar-refractivity contribution < 1.29 is 19.1 Å². The van der Waals surface area contributed by atoms with Crippen molar-refractivity contribution in [3.05, 3.63) is 0 Å². The molecule has 0 rings (SSSR count). The lowest BCUT2D eigenvalue weighted by Gasteiger charge is -2.19. The van der Waals surface area contributed by atoms with Crippen molar-refractivity contribution >= 4 is 11.9 Å². The van der Waals surface area contributed by atoms with E-state index in [-0.39, 0.29) is 17.9 Å². The van der Waals surface area contributed by atoms with E-state index in [4.69, 9.17) is 9.47 Å². The van der Waals surface area contributed by atoms with E-state index >= 15 is 0 Å². The SMILES string of the molecule is CC(C)CCOC(=O)CCCCCCCCCCCC(C(=O)OCCC(C)C)C(C)C. The molecule has 4 heteroatoms. The molecule has 1 atom stereocenters. The van der Waals surface area contributed by atoms with Gasteiger partial charge in [-0.25, -0.2) is 0 Å². The van der Waals surface area contributed by atoms with E-state index in [1.54, 1.807) is 0 Å². The zero-order chi connectivity index (χ0) is 23.5. The molecule has 0 aromatic heterocycles. The Labute approximate surface area is 193 Å². The second-order valence-electron chi connectivity index (χ2n) is 10.3. The Balaban J connectivity index is 3.60. The molecule has 0 aliphatic rings. The Morgan fingerprint density at radius 3 is 1.52 bits per heavy atom. The molecule has 0 radical (unpaired) electrons. The van der Waals surface area contributed by atoms with Gasteiger partial charge in [0.25, 0.3) is 0 Å². The van der Waals surface area contributed by atoms with Crippen LogP contribution >= 0.6 is 0 Å². The molecule has 0 aliphatic carbocycles. The Morgan fingerprint density at radius 1 is 0.581 bits per heavy atom. The quantitative estimate of drug-likeness (QED) is 0.143. The third-order valence-corrected chi connectivity index (χ3v) is 5.90. The van der Waals surface area contributed by atoms with Gasteiger partial charge < -0.3 is 9.47 Å². The second-order valence-corrected chi connectivity index (χ2v) is 10.3. The molecule has 0 aliphatic heterocycles. The number of carbonyl (C=O) groups is 2. The summed E-state index contributed by atoms with van der Waals surface area (Å²) in [6, 6.07) is 0. The van der Waals surface area contributed by atoms with Crippen molar-refractivity contribution in [1.29, 1.82) is 0 Å². The number of hydrogen-bond donors (Lipinski definition) is 0. The average molecular weight is 441 g/mol. The fourth-order valence-electron chi connectivity index (χ4n) is 3.58. The monoisotopic (exact) mass is 440 g/mol. The summed E-state index contributed by atoms with van der Waals surface area (Å²) in [4.78, 5) is 23.9. The first-order valence-corrected chi connectivity index (χ1v) is 13.1. The molecular formula is C27H52O4. The smallest absolute Gasteiger partial charge is 0.309 e. The normalized spacial score (nSPS) is 12.5. The van der Waals surface area contributed by atoms with Gasteiger partial charge in [-0.1, -0.05) is 92.9 Å². The van der Waals surface area contributed by atoms with Gasteiger partial charge in [0, 0.05) is 6.42 Å². The van der Waals surface area contributed by atoms with E-state index in [1.165, 1.54) is 38.5 Å². The first-order valence-electron chi connectivity index (χ1n) is 13.1. The minimum atomic E-state index is -0.0378. The van der Waals surface area contributed by atoms with Gasteiger partial charge in [-0.15, -0.1) is 0 Å². The number of carbonyl (C=O) groups excluding carboxylic acids is 2. The van der Waals surface area contributed by atoms with Gasteiger partial charge in [0.05, 0.1) is 19.1 Å². The maximum Gasteiger partial charge on any atom is 0.309 e. The fourth-order valence-corrected chi connectivity index (χ4v) is 3.58. The summed E-state index contributed by atoms with van der Waals surface area (Å²) < 4.78 is 10.7. The zero-order valence-corrected chi connectivity index (χ0v) is 21.5. The summed E-state index contributed by atoms with van der Waals surface area (Å²) in [7, 11) is 0. The van der Waals surface area contributed by atoms with Gasteiger partial charge >= 0.3 is 11.9 Å². The molecule has 0 heterocycles. The lowest BCUT2D eigenvalue weighted by Crippen LogP contribution is -2.23. The molecule has 0 bridgehead atoms. The molecule has 184 valence electrons. The van der Waals surface area contributed by atoms with Crippen LogP contribution in [0.15, 0.2) is 0 Å². The molecule has 0 amide bonds. The van der Waals surface area contributed by atoms with E-state index in [9.17, 15) is 9.59 Å². The lowest BCUT2D eigenvalue weighted by molar-refractivity contribution is -0.150. The van der Waals surface area contributed by atoms with Gasteiger partial charge in [0.15, 0.2) is 0 Å². The van der Waals surface area contributed by atoms with E-state index in [1.807, 2.05) is 0 Å². The highest BCUT2D eigenvalue weighted by molar-refractivity contribution is 5.72. The van der Waals surface area contributed by atoms with Crippen LogP contribution in [0.25, 0.3) is 0 Å². The molecule has 0 spiro atoms. The van der Waals surface area contributed by atoms with Crippen LogP contribution in [0.1, 0.15) is 125 Å². The summed E-state index contributed by atoms with van der Waals surface area (Å²) in [5.41, 5.74) is 0. The Morgan fingerprint density at radius 2 is 1.03 bits per heavy atom. The van der Waals surface area contributed by atoms with E-state index in [2.05, 4.69) is 41.5 Å². The highest BCUT2D eigenvalue weighted by Crippen LogP contribution is 2.21. The van der Waals surface area contributed by atoms with Crippen molar-refractivity contribution in [3.8, 4) is 0 Å². The average Bonchev–Trinajstić information content (AvgIpc) is 2.67. The first kappa shape index (κ1) is 29.9. The molecule has 0 aromatic rings. The molecule has 0 saturated heterocycles. The minimum absolute atomic E-state index is 0.000506. The largest absolute Gasteiger partial charge is 0.466 e. The van der Waals surface area contributed by atoms with Crippen molar-refractivity contribution in [1.82, 2.24) is 0 Å². The lowest BCUT2D eigenvalue weighted by atomic mass is 9.90. The topological polar surface area (TPSA) is 52.6 Å². The fraction of sp³-hybridized carbons (Fsp3) is 0.926. The van der Waals surface area contributed by atoms with Crippen molar-refractivity contribution in [3.63, 3.8) is 0 Å². The standard InChI is InChI=1S/C27H52O4/c1-22(2)18-20-30-26(28)17-15-13-11-9-7-8-10-12-14-16-25(24(5)6)27(29)31-21-19-23(3)4/h22-25H,7-21H2,1-6H3. The van der Waals surface area contributed by atoms with E-state index < -0.39 is 0 Å². The third-order valence-electron chi connectivity index (χ3n) is 5.90. The van der Waals surface area contributed by atoms with Crippen molar-refractivity contribution in [2.24, 2.45) is 23.7 Å². The van der Waals surface area contributed by atoms with Crippen LogP contribution in [0, 0.1) is 23.7 Å². The Bertz CT molecular complexity index is 443. The molecule has 0 N–H and O–H groups in total. The van der Waals surface area contributed by atoms with Gasteiger partial charge in [0.1, 0.15) is 0 Å². The van der Waals surface area contributed by atoms with Gasteiger partial charge in [0.2, 0.25) is 0 Å². The van der Waals surface area contributed by atoms with Crippen molar-refractivity contribution in [2.75, 3.05) is 13.2 Å². The molecule has 0 saturated carbocycles. The molecule has 0 aromatic carbocycles. The van der Waals surface area contributed by atoms with Crippen LogP contribution in [-0.4, -0.2) is 25.2 Å². The van der Waals surface area contributed by atoms with Crippen LogP contribution in [-0.2, 0) is 19.1 Å². The van der Waals surface area contributed by atoms with E-state index in [0.717, 1.165) is 38.5 Å². The molecule has 4 nitrogen and oxygen atoms in total. The molecule has 0 fully saturated rings. The van der Waals surface area contributed by atoms with Crippen LogP contribution in [0.4, 0.5) is 0 Å². The summed E-state index contributed by atoms with van der Waals surface area (Å²) >= 11 is 0.